The Kier molecular flexibility index (Phi) is 3.01. The van der Waals surface area contributed by atoms with Crippen LogP contribution in [0.3, 0.4) is 0 Å². The van der Waals surface area contributed by atoms with Crippen LogP contribution in [0.5, 0.6) is 0 Å². The molecule has 1 aromatic carbocycles. The summed E-state index contributed by atoms with van der Waals surface area (Å²) < 4.78 is 31.6. The van der Waals surface area contributed by atoms with Gasteiger partial charge in [0.15, 0.2) is 11.6 Å². The van der Waals surface area contributed by atoms with Crippen LogP contribution >= 0.6 is 0 Å². The molecule has 16 heavy (non-hydrogen) atoms. The molecular weight excluding hydrogens is 214 g/mol. The van der Waals surface area contributed by atoms with Gasteiger partial charge in [-0.3, -0.25) is 4.79 Å². The molecule has 0 radical (unpaired) electrons. The fourth-order valence-corrected chi connectivity index (χ4v) is 1.90. The first-order valence-corrected chi connectivity index (χ1v) is 5.17. The lowest BCUT2D eigenvalue weighted by Gasteiger charge is -2.23. The van der Waals surface area contributed by atoms with Crippen molar-refractivity contribution in [1.29, 1.82) is 0 Å². The highest BCUT2D eigenvalue weighted by Gasteiger charge is 2.24. The molecule has 0 N–H and O–H groups in total. The molecule has 4 heteroatoms. The Morgan fingerprint density at radius 1 is 1.38 bits per heavy atom. The van der Waals surface area contributed by atoms with Crippen LogP contribution in [0.2, 0.25) is 0 Å². The molecule has 1 aliphatic rings. The maximum absolute atomic E-state index is 13.3. The third-order valence-electron chi connectivity index (χ3n) is 2.84. The zero-order chi connectivity index (χ0) is 11.7. The molecule has 0 bridgehead atoms. The minimum absolute atomic E-state index is 0.0976. The van der Waals surface area contributed by atoms with Crippen LogP contribution in [-0.2, 0) is 9.53 Å². The Labute approximate surface area is 92.2 Å². The van der Waals surface area contributed by atoms with E-state index in [0.717, 1.165) is 6.07 Å². The highest BCUT2D eigenvalue weighted by Crippen LogP contribution is 2.30. The summed E-state index contributed by atoms with van der Waals surface area (Å²) in [5, 5.41) is 0. The second-order valence-corrected chi connectivity index (χ2v) is 3.93. The van der Waals surface area contributed by atoms with Crippen molar-refractivity contribution in [3.05, 3.63) is 34.9 Å². The zero-order valence-electron chi connectivity index (χ0n) is 8.93. The molecule has 1 aromatic rings. The maximum atomic E-state index is 13.3. The molecule has 2 nitrogen and oxygen atoms in total. The van der Waals surface area contributed by atoms with E-state index in [1.807, 2.05) is 0 Å². The SMILES string of the molecule is Cc1c(C2CC(=O)CCO2)ccc(F)c1F. The minimum atomic E-state index is -0.872. The van der Waals surface area contributed by atoms with Crippen LogP contribution in [-0.4, -0.2) is 12.4 Å². The van der Waals surface area contributed by atoms with Gasteiger partial charge in [-0.2, -0.15) is 0 Å². The average Bonchev–Trinajstić information content (AvgIpc) is 2.26. The Hall–Kier alpha value is -1.29. The second kappa shape index (κ2) is 4.29. The first-order chi connectivity index (χ1) is 7.59. The number of halogens is 2. The molecule has 1 fully saturated rings. The summed E-state index contributed by atoms with van der Waals surface area (Å²) in [5.41, 5.74) is 0.784. The van der Waals surface area contributed by atoms with Gasteiger partial charge in [0, 0.05) is 12.8 Å². The van der Waals surface area contributed by atoms with Crippen LogP contribution in [0.4, 0.5) is 8.78 Å². The molecule has 2 rings (SSSR count). The number of ether oxygens (including phenoxy) is 1. The smallest absolute Gasteiger partial charge is 0.162 e. The monoisotopic (exact) mass is 226 g/mol. The number of carbonyl (C=O) groups excluding carboxylic acids is 1. The molecule has 1 unspecified atom stereocenters. The number of hydrogen-bond acceptors (Lipinski definition) is 2. The van der Waals surface area contributed by atoms with E-state index in [1.54, 1.807) is 0 Å². The Bertz CT molecular complexity index is 429. The quantitative estimate of drug-likeness (QED) is 0.736. The van der Waals surface area contributed by atoms with Crippen molar-refractivity contribution in [2.75, 3.05) is 6.61 Å². The van der Waals surface area contributed by atoms with E-state index in [4.69, 9.17) is 4.74 Å². The zero-order valence-corrected chi connectivity index (χ0v) is 8.93. The fourth-order valence-electron chi connectivity index (χ4n) is 1.90. The number of Topliss-reactive ketones (excluding diaryl/α,β-unsaturated/α-hetero) is 1. The van der Waals surface area contributed by atoms with Gasteiger partial charge in [-0.05, 0) is 24.1 Å². The summed E-state index contributed by atoms with van der Waals surface area (Å²) in [4.78, 5) is 11.3. The van der Waals surface area contributed by atoms with E-state index in [-0.39, 0.29) is 17.8 Å². The summed E-state index contributed by atoms with van der Waals surface area (Å²) in [5.74, 6) is -1.64. The van der Waals surface area contributed by atoms with E-state index >= 15 is 0 Å². The van der Waals surface area contributed by atoms with Gasteiger partial charge in [0.2, 0.25) is 0 Å². The van der Waals surface area contributed by atoms with Gasteiger partial charge in [0.1, 0.15) is 5.78 Å². The van der Waals surface area contributed by atoms with Gasteiger partial charge in [-0.25, -0.2) is 8.78 Å². The first kappa shape index (κ1) is 11.2. The Balaban J connectivity index is 2.33. The highest BCUT2D eigenvalue weighted by atomic mass is 19.2. The molecule has 0 saturated carbocycles. The highest BCUT2D eigenvalue weighted by molar-refractivity contribution is 5.79. The van der Waals surface area contributed by atoms with Crippen molar-refractivity contribution < 1.29 is 18.3 Å². The van der Waals surface area contributed by atoms with Crippen molar-refractivity contribution >= 4 is 5.78 Å². The van der Waals surface area contributed by atoms with Crippen molar-refractivity contribution in [2.24, 2.45) is 0 Å². The predicted molar refractivity (Wildman–Crippen MR) is 54.0 cm³/mol. The van der Waals surface area contributed by atoms with E-state index in [1.165, 1.54) is 13.0 Å². The molecule has 1 saturated heterocycles. The Morgan fingerprint density at radius 2 is 2.12 bits per heavy atom. The first-order valence-electron chi connectivity index (χ1n) is 5.17. The van der Waals surface area contributed by atoms with E-state index < -0.39 is 17.7 Å². The fraction of sp³-hybridized carbons (Fsp3) is 0.417. The maximum Gasteiger partial charge on any atom is 0.162 e. The van der Waals surface area contributed by atoms with Gasteiger partial charge in [-0.1, -0.05) is 6.07 Å². The van der Waals surface area contributed by atoms with Crippen LogP contribution in [0.25, 0.3) is 0 Å². The lowest BCUT2D eigenvalue weighted by molar-refractivity contribution is -0.128. The third-order valence-corrected chi connectivity index (χ3v) is 2.84. The van der Waals surface area contributed by atoms with Crippen molar-refractivity contribution in [2.45, 2.75) is 25.9 Å². The molecular formula is C12H12F2O2. The third kappa shape index (κ3) is 1.97. The summed E-state index contributed by atoms with van der Waals surface area (Å²) in [6, 6.07) is 2.55. The van der Waals surface area contributed by atoms with E-state index in [2.05, 4.69) is 0 Å². The molecule has 0 amide bonds. The number of rotatable bonds is 1. The topological polar surface area (TPSA) is 26.3 Å². The molecule has 0 spiro atoms. The summed E-state index contributed by atoms with van der Waals surface area (Å²) >= 11 is 0. The molecule has 1 heterocycles. The largest absolute Gasteiger partial charge is 0.373 e. The number of benzene rings is 1. The van der Waals surface area contributed by atoms with Gasteiger partial charge >= 0.3 is 0 Å². The van der Waals surface area contributed by atoms with E-state index in [0.29, 0.717) is 18.6 Å². The number of carbonyl (C=O) groups is 1. The molecule has 0 aromatic heterocycles. The molecule has 1 atom stereocenters. The van der Waals surface area contributed by atoms with Gasteiger partial charge < -0.3 is 4.74 Å². The normalized spacial score (nSPS) is 21.2. The van der Waals surface area contributed by atoms with Gasteiger partial charge in [0.25, 0.3) is 0 Å². The molecule has 86 valence electrons. The Morgan fingerprint density at radius 3 is 2.81 bits per heavy atom. The minimum Gasteiger partial charge on any atom is -0.373 e. The predicted octanol–water partition coefficient (Wildman–Crippen LogP) is 2.69. The van der Waals surface area contributed by atoms with Gasteiger partial charge in [-0.15, -0.1) is 0 Å². The van der Waals surface area contributed by atoms with Gasteiger partial charge in [0.05, 0.1) is 12.7 Å². The second-order valence-electron chi connectivity index (χ2n) is 3.93. The lowest BCUT2D eigenvalue weighted by atomic mass is 9.96. The standard InChI is InChI=1S/C12H12F2O2/c1-7-9(2-3-10(13)12(7)14)11-6-8(15)4-5-16-11/h2-3,11H,4-6H2,1H3. The number of hydrogen-bond donors (Lipinski definition) is 0. The van der Waals surface area contributed by atoms with Crippen LogP contribution in [0.15, 0.2) is 12.1 Å². The van der Waals surface area contributed by atoms with Crippen LogP contribution in [0.1, 0.15) is 30.1 Å². The van der Waals surface area contributed by atoms with Crippen molar-refractivity contribution in [3.63, 3.8) is 0 Å². The summed E-state index contributed by atoms with van der Waals surface area (Å²) in [6.45, 7) is 1.85. The molecule has 1 aliphatic heterocycles. The lowest BCUT2D eigenvalue weighted by Crippen LogP contribution is -2.20. The van der Waals surface area contributed by atoms with Crippen molar-refractivity contribution in [3.8, 4) is 0 Å². The van der Waals surface area contributed by atoms with Crippen LogP contribution in [0, 0.1) is 18.6 Å². The van der Waals surface area contributed by atoms with E-state index in [9.17, 15) is 13.6 Å². The average molecular weight is 226 g/mol. The number of ketones is 1. The van der Waals surface area contributed by atoms with Crippen molar-refractivity contribution in [1.82, 2.24) is 0 Å². The molecule has 0 aliphatic carbocycles. The summed E-state index contributed by atoms with van der Waals surface area (Å²) in [7, 11) is 0. The summed E-state index contributed by atoms with van der Waals surface area (Å²) in [6.07, 6.45) is 0.210. The van der Waals surface area contributed by atoms with Crippen LogP contribution < -0.4 is 0 Å².